The van der Waals surface area contributed by atoms with E-state index in [4.69, 9.17) is 7.73 Å². The highest BCUT2D eigenvalue weighted by atomic mass is 19.3. The van der Waals surface area contributed by atoms with Crippen molar-refractivity contribution in [3.05, 3.63) is 149 Å². The van der Waals surface area contributed by atoms with Crippen LogP contribution in [0.1, 0.15) is 122 Å². The molecule has 8 rings (SSSR count). The Balaban J connectivity index is 1.41. The molecule has 5 nitrogen and oxygen atoms in total. The first kappa shape index (κ1) is 35.2. The predicted molar refractivity (Wildman–Crippen MR) is 241 cm³/mol. The van der Waals surface area contributed by atoms with E-state index in [0.29, 0.717) is 22.6 Å². The molecule has 0 atom stereocenters. The fourth-order valence-electron chi connectivity index (χ4n) is 8.00. The number of pyridine rings is 2. The van der Waals surface area contributed by atoms with E-state index < -0.39 is 23.4 Å². The summed E-state index contributed by atoms with van der Waals surface area (Å²) in [6, 6.07) is 23.6. The molecule has 1 aliphatic rings. The average Bonchev–Trinajstić information content (AvgIpc) is 3.77. The number of rotatable bonds is 5. The predicted octanol–water partition coefficient (Wildman–Crippen LogP) is 13.8. The van der Waals surface area contributed by atoms with Crippen LogP contribution in [0.15, 0.2) is 116 Å². The molecular formula is C52H55F2N5+2. The maximum atomic E-state index is 17.7. The van der Waals surface area contributed by atoms with Gasteiger partial charge in [-0.15, -0.1) is 0 Å². The second kappa shape index (κ2) is 13.6. The molecule has 3 aromatic heterocycles. The van der Waals surface area contributed by atoms with Crippen molar-refractivity contribution in [2.24, 2.45) is 0 Å². The third-order valence-electron chi connectivity index (χ3n) is 11.3. The van der Waals surface area contributed by atoms with Gasteiger partial charge in [0.1, 0.15) is 5.82 Å². The van der Waals surface area contributed by atoms with Gasteiger partial charge in [0.25, 0.3) is 17.3 Å². The molecule has 0 saturated carbocycles. The standard InChI is InChI=1S/C52H55F2N5/c1-48(2,3)33-22-25-56-46(30-33)59-44-29-34(20-21-38(44)39-23-24-55-31-45(39)59)52(53,54)36-26-35(49(4,5)6)27-37(28-36)57-32-58(43-19-14-13-18-42(43)57)47-40(50(7,8)9)16-15-17-41(47)51(10,11)12/h13-31H,1-12H3/q+2/i13D,14D,18D,19D. The lowest BCUT2D eigenvalue weighted by atomic mass is 9.78. The van der Waals surface area contributed by atoms with E-state index in [0.717, 1.165) is 38.7 Å². The Morgan fingerprint density at radius 1 is 0.593 bits per heavy atom. The molecule has 0 N–H and O–H groups in total. The second-order valence-corrected chi connectivity index (χ2v) is 19.9. The molecule has 0 unspecified atom stereocenters. The van der Waals surface area contributed by atoms with Gasteiger partial charge in [0, 0.05) is 69.6 Å². The lowest BCUT2D eigenvalue weighted by Crippen LogP contribution is -2.22. The fraction of sp³-hybridized carbons (Fsp3) is 0.327. The van der Waals surface area contributed by atoms with Crippen LogP contribution in [0.3, 0.4) is 0 Å². The van der Waals surface area contributed by atoms with Gasteiger partial charge in [-0.3, -0.25) is 9.55 Å². The molecule has 0 saturated heterocycles. The van der Waals surface area contributed by atoms with E-state index >= 15 is 8.78 Å². The zero-order valence-corrected chi connectivity index (χ0v) is 36.2. The number of hydrogen-bond donors (Lipinski definition) is 0. The van der Waals surface area contributed by atoms with Crippen molar-refractivity contribution < 1.29 is 14.3 Å². The van der Waals surface area contributed by atoms with Crippen LogP contribution in [0.5, 0.6) is 0 Å². The number of hydrogen-bond acceptors (Lipinski definition) is 2. The van der Waals surface area contributed by atoms with Crippen molar-refractivity contribution in [1.29, 1.82) is 0 Å². The third kappa shape index (κ3) is 6.99. The van der Waals surface area contributed by atoms with Crippen LogP contribution in [0, 0.1) is 0 Å². The number of benzene rings is 4. The van der Waals surface area contributed by atoms with Gasteiger partial charge < -0.3 is 0 Å². The lowest BCUT2D eigenvalue weighted by molar-refractivity contribution is 0.0428. The van der Waals surface area contributed by atoms with E-state index in [9.17, 15) is 2.74 Å². The maximum absolute atomic E-state index is 17.7. The van der Waals surface area contributed by atoms with E-state index in [-0.39, 0.29) is 50.8 Å². The minimum Gasteiger partial charge on any atom is -0.292 e. The SMILES string of the molecule is [2H]c1c([2H])c([2H])c2c(c1[2H])[N+](c1cc(C(C)(C)C)cc(C(F)(F)c3ccc4c5ccncc5n(-c5cc(C(C)(C)C)ccn5)c4c3)c1)=C=[N+]2c1c(C(C)(C)C)cccc1C(C)(C)C. The summed E-state index contributed by atoms with van der Waals surface area (Å²) in [5.74, 6) is -2.93. The average molecular weight is 792 g/mol. The largest absolute Gasteiger partial charge is 0.503 e. The molecule has 0 radical (unpaired) electrons. The first-order valence-corrected chi connectivity index (χ1v) is 20.2. The highest BCUT2D eigenvalue weighted by Crippen LogP contribution is 2.46. The Hall–Kier alpha value is -5.78. The fourth-order valence-corrected chi connectivity index (χ4v) is 8.00. The summed E-state index contributed by atoms with van der Waals surface area (Å²) in [6.45, 7) is 24.8. The Kier molecular flexibility index (Phi) is 8.14. The molecule has 59 heavy (non-hydrogen) atoms. The summed E-state index contributed by atoms with van der Waals surface area (Å²) in [5, 5.41) is 1.65. The zero-order chi connectivity index (χ0) is 45.9. The highest BCUT2D eigenvalue weighted by molar-refractivity contribution is 6.09. The minimum atomic E-state index is -3.53. The number of nitrogens with zero attached hydrogens (tertiary/aromatic N) is 5. The number of aromatic nitrogens is 3. The molecule has 4 aromatic carbocycles. The molecule has 0 amide bonds. The molecule has 0 aliphatic carbocycles. The molecule has 1 aliphatic heterocycles. The van der Waals surface area contributed by atoms with Crippen LogP contribution in [-0.4, -0.2) is 20.5 Å². The number of para-hydroxylation sites is 3. The van der Waals surface area contributed by atoms with Crippen molar-refractivity contribution in [2.45, 2.75) is 111 Å². The van der Waals surface area contributed by atoms with Gasteiger partial charge in [-0.2, -0.15) is 8.78 Å². The third-order valence-corrected chi connectivity index (χ3v) is 11.3. The molecule has 0 spiro atoms. The molecule has 7 aromatic rings. The van der Waals surface area contributed by atoms with Crippen molar-refractivity contribution in [2.75, 3.05) is 0 Å². The summed E-state index contributed by atoms with van der Waals surface area (Å²) in [6.07, 6.45) is 5.19. The number of fused-ring (bicyclic) bond motifs is 4. The molecule has 0 fully saturated rings. The quantitative estimate of drug-likeness (QED) is 0.163. The first-order valence-electron chi connectivity index (χ1n) is 22.2. The molecule has 7 heteroatoms. The second-order valence-electron chi connectivity index (χ2n) is 19.9. The smallest absolute Gasteiger partial charge is 0.292 e. The van der Waals surface area contributed by atoms with Gasteiger partial charge >= 0.3 is 6.01 Å². The van der Waals surface area contributed by atoms with Gasteiger partial charge in [0.15, 0.2) is 0 Å². The van der Waals surface area contributed by atoms with Crippen LogP contribution in [0.4, 0.5) is 31.5 Å². The van der Waals surface area contributed by atoms with E-state index in [1.807, 2.05) is 67.8 Å². The monoisotopic (exact) mass is 791 g/mol. The van der Waals surface area contributed by atoms with Crippen LogP contribution in [-0.2, 0) is 27.6 Å². The number of alkyl halides is 2. The Labute approximate surface area is 353 Å². The molecular weight excluding hydrogens is 733 g/mol. The molecule has 0 bridgehead atoms. The Morgan fingerprint density at radius 3 is 1.83 bits per heavy atom. The van der Waals surface area contributed by atoms with Crippen LogP contribution >= 0.6 is 0 Å². The van der Waals surface area contributed by atoms with E-state index in [1.165, 1.54) is 16.7 Å². The summed E-state index contributed by atoms with van der Waals surface area (Å²) >= 11 is 0. The topological polar surface area (TPSA) is 36.7 Å². The Morgan fingerprint density at radius 2 is 1.20 bits per heavy atom. The van der Waals surface area contributed by atoms with Crippen molar-refractivity contribution in [3.63, 3.8) is 0 Å². The van der Waals surface area contributed by atoms with Gasteiger partial charge in [0.05, 0.1) is 22.7 Å². The van der Waals surface area contributed by atoms with Gasteiger partial charge in [-0.1, -0.05) is 126 Å². The normalized spacial score (nSPS) is 14.8. The van der Waals surface area contributed by atoms with Gasteiger partial charge in [0.2, 0.25) is 11.4 Å². The van der Waals surface area contributed by atoms with Crippen LogP contribution in [0.25, 0.3) is 27.6 Å². The summed E-state index contributed by atoms with van der Waals surface area (Å²) < 4.78 is 76.7. The Bertz CT molecular complexity index is 3080. The van der Waals surface area contributed by atoms with Gasteiger partial charge in [-0.05, 0) is 72.3 Å². The lowest BCUT2D eigenvalue weighted by Gasteiger charge is -2.25. The van der Waals surface area contributed by atoms with Crippen LogP contribution in [0.2, 0.25) is 0 Å². The summed E-state index contributed by atoms with van der Waals surface area (Å²) in [7, 11) is 0. The zero-order valence-electron chi connectivity index (χ0n) is 40.2. The molecule has 4 heterocycles. The molecule has 300 valence electrons. The van der Waals surface area contributed by atoms with Gasteiger partial charge in [-0.25, -0.2) is 4.98 Å². The maximum Gasteiger partial charge on any atom is 0.503 e. The van der Waals surface area contributed by atoms with Crippen molar-refractivity contribution >= 4 is 50.6 Å². The highest BCUT2D eigenvalue weighted by Gasteiger charge is 2.43. The van der Waals surface area contributed by atoms with E-state index in [1.54, 1.807) is 41.4 Å². The summed E-state index contributed by atoms with van der Waals surface area (Å²) in [5.41, 5.74) is 4.23. The number of halogens is 2. The summed E-state index contributed by atoms with van der Waals surface area (Å²) in [4.78, 5) is 9.13. The minimum absolute atomic E-state index is 0.134. The van der Waals surface area contributed by atoms with Crippen LogP contribution < -0.4 is 9.15 Å². The van der Waals surface area contributed by atoms with E-state index in [2.05, 4.69) is 73.3 Å². The van der Waals surface area contributed by atoms with Crippen molar-refractivity contribution in [3.8, 4) is 5.82 Å². The first-order chi connectivity index (χ1) is 29.2. The van der Waals surface area contributed by atoms with Crippen molar-refractivity contribution in [1.82, 2.24) is 23.7 Å².